The van der Waals surface area contributed by atoms with Crippen molar-refractivity contribution in [3.63, 3.8) is 0 Å². The van der Waals surface area contributed by atoms with E-state index < -0.39 is 159 Å². The second kappa shape index (κ2) is 22.0. The van der Waals surface area contributed by atoms with Gasteiger partial charge >= 0.3 is 36.3 Å². The first-order valence-corrected chi connectivity index (χ1v) is 25.2. The SMILES string of the molecule is CC(=O)O[C@@]12CO[C@@H]1C[C@H](OC(=O)OCC(Cl)(Cl)Cl)[C@@]1(C)C(=O)[C@H](OC(=O)OCC(Cl)(Cl)Cl)C3=C(C)[C@@H](OC(=O)[C@H](O)[14C@@H](NC(=O)OC(C)(C)C)c4ccccc4)C[C@@](O)([C@@H](OC(=O)c4ccccc4)[C@H]21)C3(C)C. The van der Waals surface area contributed by atoms with Gasteiger partial charge in [-0.25, -0.2) is 24.0 Å². The van der Waals surface area contributed by atoms with Gasteiger partial charge in [-0.3, -0.25) is 9.59 Å². The third kappa shape index (κ3) is 12.4. The molecule has 1 aliphatic heterocycles. The lowest BCUT2D eigenvalue weighted by Gasteiger charge is -2.67. The highest BCUT2D eigenvalue weighted by atomic mass is 35.6. The number of esters is 3. The monoisotopic (exact) mass is 1160 g/mol. The number of carbonyl (C=O) groups is 7. The Morgan fingerprint density at radius 1 is 0.838 bits per heavy atom. The molecule has 2 saturated carbocycles. The maximum absolute atomic E-state index is 16.3. The summed E-state index contributed by atoms with van der Waals surface area (Å²) in [6.07, 6.45) is -16.6. The van der Waals surface area contributed by atoms with E-state index in [1.807, 2.05) is 0 Å². The van der Waals surface area contributed by atoms with Crippen molar-refractivity contribution in [1.29, 1.82) is 0 Å². The predicted octanol–water partition coefficient (Wildman–Crippen LogP) is 8.32. The molecule has 3 N–H and O–H groups in total. The van der Waals surface area contributed by atoms with Crippen molar-refractivity contribution >= 4 is 112 Å². The van der Waals surface area contributed by atoms with Gasteiger partial charge in [-0.1, -0.05) is 132 Å². The highest BCUT2D eigenvalue weighted by molar-refractivity contribution is 6.68. The molecule has 406 valence electrons. The number of ether oxygens (including phenoxy) is 9. The van der Waals surface area contributed by atoms with Crippen molar-refractivity contribution in [3.8, 4) is 0 Å². The number of hydrogen-bond acceptors (Lipinski definition) is 18. The lowest BCUT2D eigenvalue weighted by atomic mass is 9.44. The van der Waals surface area contributed by atoms with Gasteiger partial charge in [0.2, 0.25) is 7.59 Å². The number of nitrogens with one attached hydrogen (secondary N) is 1. The molecule has 1 heterocycles. The standard InChI is InChI=1S/C49H55Cl6NO18/c1-24-28(69-39(61)33(58)32(26-15-11-9-12-16-26)56-40(62)74-43(3,4)5)20-47(65)37(72-38(60)27-17-13-10-14-18-27)35-45(8,36(59)34(31(24)44(47,6)7)71-42(64)68-23-49(53,54)55)29(70-41(63)67-22-48(50,51)52)19-30-46(35,21-66-30)73-25(2)57/h9-18,28-30,32-35,37,58,65H,19-23H2,1-8H3,(H,56,62)/t28-,29-,30+,32-,33+,34+,35-,37-,45+,46-,47+/m0/s1/i32+2. The number of carbonyl (C=O) groups excluding carboxylic acids is 7. The first-order chi connectivity index (χ1) is 34.1. The summed E-state index contributed by atoms with van der Waals surface area (Å²) in [5.74, 6) is -6.38. The van der Waals surface area contributed by atoms with E-state index in [0.29, 0.717) is 0 Å². The molecular formula is C49H55Cl6NO18. The normalized spacial score (nSPS) is 29.2. The first-order valence-electron chi connectivity index (χ1n) is 22.9. The summed E-state index contributed by atoms with van der Waals surface area (Å²) in [6.45, 7) is 9.11. The first kappa shape index (κ1) is 58.9. The largest absolute Gasteiger partial charge is 0.509 e. The summed E-state index contributed by atoms with van der Waals surface area (Å²) in [4.78, 5) is 99.4. The maximum atomic E-state index is 16.3. The van der Waals surface area contributed by atoms with Crippen LogP contribution in [0.2, 0.25) is 0 Å². The molecule has 11 atom stereocenters. The number of alkyl carbamates (subject to hydrolysis) is 1. The summed E-state index contributed by atoms with van der Waals surface area (Å²) < 4.78 is 47.9. The van der Waals surface area contributed by atoms with E-state index in [0.717, 1.165) is 6.92 Å². The minimum atomic E-state index is -2.66. The molecule has 2 bridgehead atoms. The number of aliphatic hydroxyl groups excluding tert-OH is 1. The van der Waals surface area contributed by atoms with E-state index in [1.165, 1.54) is 64.1 Å². The Balaban J connectivity index is 1.61. The fourth-order valence-electron chi connectivity index (χ4n) is 10.3. The van der Waals surface area contributed by atoms with Gasteiger partial charge in [0, 0.05) is 25.2 Å². The van der Waals surface area contributed by atoms with E-state index in [2.05, 4.69) is 5.32 Å². The number of Topliss-reactive ketones (excluding diaryl/α,β-unsaturated/α-hetero) is 1. The minimum Gasteiger partial charge on any atom is -0.456 e. The van der Waals surface area contributed by atoms with Crippen LogP contribution < -0.4 is 5.32 Å². The number of hydrogen-bond donors (Lipinski definition) is 3. The molecule has 0 spiro atoms. The molecule has 4 aliphatic rings. The minimum absolute atomic E-state index is 0.0470. The fourth-order valence-corrected chi connectivity index (χ4v) is 10.7. The van der Waals surface area contributed by atoms with Crippen LogP contribution in [-0.2, 0) is 57.0 Å². The number of alkyl halides is 6. The quantitative estimate of drug-likeness (QED) is 0.0781. The Hall–Kier alpha value is -4.31. The summed E-state index contributed by atoms with van der Waals surface area (Å²) in [5.41, 5.74) is -10.2. The molecule has 19 nitrogen and oxygen atoms in total. The van der Waals surface area contributed by atoms with Crippen molar-refractivity contribution in [1.82, 2.24) is 5.32 Å². The average molecular weight is 1160 g/mol. The molecule has 2 aromatic rings. The summed E-state index contributed by atoms with van der Waals surface area (Å²) in [7, 11) is 0. The smallest absolute Gasteiger partial charge is 0.456 e. The molecule has 0 aromatic heterocycles. The van der Waals surface area contributed by atoms with Crippen LogP contribution in [0.5, 0.6) is 0 Å². The zero-order valence-electron chi connectivity index (χ0n) is 41.1. The molecule has 0 unspecified atom stereocenters. The second-order valence-corrected chi connectivity index (χ2v) is 25.1. The molecule has 3 fully saturated rings. The van der Waals surface area contributed by atoms with Crippen molar-refractivity contribution in [2.24, 2.45) is 16.7 Å². The summed E-state index contributed by atoms with van der Waals surface area (Å²) in [5, 5.41) is 28.4. The van der Waals surface area contributed by atoms with Crippen LogP contribution in [0.1, 0.15) is 90.2 Å². The second-order valence-electron chi connectivity index (χ2n) is 20.1. The van der Waals surface area contributed by atoms with E-state index in [4.69, 9.17) is 112 Å². The van der Waals surface area contributed by atoms with E-state index in [9.17, 15) is 39.0 Å². The molecular weight excluding hydrogens is 1110 g/mol. The maximum Gasteiger partial charge on any atom is 0.509 e. The molecule has 74 heavy (non-hydrogen) atoms. The van der Waals surface area contributed by atoms with Crippen LogP contribution in [0, 0.1) is 16.7 Å². The van der Waals surface area contributed by atoms with Crippen LogP contribution in [0.25, 0.3) is 0 Å². The van der Waals surface area contributed by atoms with Crippen LogP contribution in [0.4, 0.5) is 14.4 Å². The van der Waals surface area contributed by atoms with Crippen molar-refractivity contribution < 1.29 is 86.4 Å². The Kier molecular flexibility index (Phi) is 17.5. The lowest BCUT2D eigenvalue weighted by molar-refractivity contribution is -0.346. The van der Waals surface area contributed by atoms with Crippen LogP contribution in [0.15, 0.2) is 71.8 Å². The third-order valence-electron chi connectivity index (χ3n) is 13.7. The van der Waals surface area contributed by atoms with Gasteiger partial charge in [-0.2, -0.15) is 0 Å². The van der Waals surface area contributed by atoms with Gasteiger partial charge in [0.15, 0.2) is 23.6 Å². The Morgan fingerprint density at radius 2 is 1.39 bits per heavy atom. The van der Waals surface area contributed by atoms with Crippen molar-refractivity contribution in [3.05, 3.63) is 82.9 Å². The summed E-state index contributed by atoms with van der Waals surface area (Å²) >= 11 is 35.4. The van der Waals surface area contributed by atoms with Crippen LogP contribution in [0.3, 0.4) is 0 Å². The lowest BCUT2D eigenvalue weighted by Crippen LogP contribution is -2.82. The van der Waals surface area contributed by atoms with Gasteiger partial charge in [-0.05, 0) is 63.5 Å². The molecule has 6 rings (SSSR count). The molecule has 1 amide bonds. The van der Waals surface area contributed by atoms with Crippen LogP contribution in [-0.4, -0.2) is 133 Å². The number of halogens is 6. The third-order valence-corrected chi connectivity index (χ3v) is 14.3. The number of ketones is 1. The van der Waals surface area contributed by atoms with E-state index >= 15 is 4.79 Å². The Morgan fingerprint density at radius 3 is 1.91 bits per heavy atom. The van der Waals surface area contributed by atoms with E-state index in [-0.39, 0.29) is 22.3 Å². The Labute approximate surface area is 455 Å². The number of aliphatic hydroxyl groups is 2. The predicted molar refractivity (Wildman–Crippen MR) is 265 cm³/mol. The van der Waals surface area contributed by atoms with Crippen molar-refractivity contribution in [2.45, 2.75) is 135 Å². The van der Waals surface area contributed by atoms with Gasteiger partial charge in [0.05, 0.1) is 29.5 Å². The molecule has 0 radical (unpaired) electrons. The van der Waals surface area contributed by atoms with Gasteiger partial charge in [-0.15, -0.1) is 0 Å². The van der Waals surface area contributed by atoms with Gasteiger partial charge in [0.1, 0.15) is 48.8 Å². The number of amides is 1. The van der Waals surface area contributed by atoms with Crippen molar-refractivity contribution in [2.75, 3.05) is 19.8 Å². The highest BCUT2D eigenvalue weighted by Gasteiger charge is 2.79. The topological polar surface area (TPSA) is 255 Å². The molecule has 25 heteroatoms. The fraction of sp³-hybridized carbons (Fsp3) is 0.571. The number of fused-ring (bicyclic) bond motifs is 5. The highest BCUT2D eigenvalue weighted by Crippen LogP contribution is 2.65. The van der Waals surface area contributed by atoms with Crippen LogP contribution >= 0.6 is 69.6 Å². The zero-order valence-corrected chi connectivity index (χ0v) is 45.7. The molecule has 1 saturated heterocycles. The molecule has 2 aromatic carbocycles. The Bertz CT molecular complexity index is 2510. The van der Waals surface area contributed by atoms with Gasteiger partial charge < -0.3 is 58.2 Å². The zero-order chi connectivity index (χ0) is 55.1. The molecule has 3 aliphatic carbocycles. The van der Waals surface area contributed by atoms with Gasteiger partial charge in [0.25, 0.3) is 0 Å². The number of rotatable bonds is 12. The summed E-state index contributed by atoms with van der Waals surface area (Å²) in [6, 6.07) is 13.8. The van der Waals surface area contributed by atoms with E-state index in [1.54, 1.807) is 45.0 Å². The average Bonchev–Trinajstić information content (AvgIpc) is 3.29. The number of benzene rings is 2.